The monoisotopic (exact) mass is 309 g/mol. The van der Waals surface area contributed by atoms with E-state index in [1.54, 1.807) is 0 Å². The highest BCUT2D eigenvalue weighted by atomic mass is 16.5. The second-order valence-corrected chi connectivity index (χ2v) is 5.36. The minimum Gasteiger partial charge on any atom is -0.475 e. The molecule has 0 saturated carbocycles. The van der Waals surface area contributed by atoms with Crippen molar-refractivity contribution < 1.29 is 9.53 Å². The average molecular weight is 309 g/mol. The van der Waals surface area contributed by atoms with Crippen molar-refractivity contribution in [3.05, 3.63) is 35.9 Å². The Morgan fingerprint density at radius 2 is 2.13 bits per heavy atom. The first-order valence-corrected chi connectivity index (χ1v) is 7.28. The van der Waals surface area contributed by atoms with E-state index >= 15 is 0 Å². The number of carbonyl (C=O) groups is 1. The molecule has 1 aliphatic rings. The maximum Gasteiger partial charge on any atom is 0.260 e. The molecule has 3 heterocycles. The van der Waals surface area contributed by atoms with Crippen LogP contribution in [-0.4, -0.2) is 33.6 Å². The quantitative estimate of drug-likeness (QED) is 0.707. The number of hydrogen-bond acceptors (Lipinski definition) is 5. The smallest absolute Gasteiger partial charge is 0.260 e. The summed E-state index contributed by atoms with van der Waals surface area (Å²) in [6.45, 7) is 0.766. The number of fused-ring (bicyclic) bond motifs is 2. The van der Waals surface area contributed by atoms with Gasteiger partial charge in [-0.05, 0) is 12.1 Å². The van der Waals surface area contributed by atoms with Crippen molar-refractivity contribution in [2.24, 2.45) is 7.05 Å². The lowest BCUT2D eigenvalue weighted by Crippen LogP contribution is -2.25. The van der Waals surface area contributed by atoms with Crippen LogP contribution < -0.4 is 15.8 Å². The van der Waals surface area contributed by atoms with Crippen molar-refractivity contribution in [3.8, 4) is 17.4 Å². The number of nitrogen functional groups attached to an aromatic ring is 1. The Hall–Kier alpha value is -3.09. The molecule has 0 radical (unpaired) electrons. The third-order valence-electron chi connectivity index (χ3n) is 3.94. The van der Waals surface area contributed by atoms with Gasteiger partial charge in [-0.25, -0.2) is 4.98 Å². The zero-order valence-corrected chi connectivity index (χ0v) is 12.5. The first-order chi connectivity index (χ1) is 11.1. The van der Waals surface area contributed by atoms with E-state index in [9.17, 15) is 4.79 Å². The van der Waals surface area contributed by atoms with Crippen LogP contribution in [0.15, 0.2) is 30.3 Å². The van der Waals surface area contributed by atoms with Crippen molar-refractivity contribution in [1.29, 1.82) is 0 Å². The zero-order valence-electron chi connectivity index (χ0n) is 12.5. The maximum absolute atomic E-state index is 12.0. The molecule has 0 fully saturated rings. The molecule has 7 heteroatoms. The Balaban J connectivity index is 1.92. The van der Waals surface area contributed by atoms with Crippen LogP contribution in [0.4, 0.5) is 5.82 Å². The summed E-state index contributed by atoms with van der Waals surface area (Å²) in [6, 6.07) is 10.00. The molecule has 0 spiro atoms. The van der Waals surface area contributed by atoms with Crippen molar-refractivity contribution in [2.45, 2.75) is 0 Å². The van der Waals surface area contributed by atoms with Gasteiger partial charge in [0.25, 0.3) is 5.91 Å². The number of ether oxygens (including phenoxy) is 1. The molecule has 4 rings (SSSR count). The fourth-order valence-corrected chi connectivity index (χ4v) is 2.79. The Kier molecular flexibility index (Phi) is 2.94. The highest BCUT2D eigenvalue weighted by Gasteiger charge is 2.24. The molecule has 1 aliphatic heterocycles. The van der Waals surface area contributed by atoms with Crippen LogP contribution in [0.1, 0.15) is 10.4 Å². The van der Waals surface area contributed by atoms with Gasteiger partial charge in [0.2, 0.25) is 5.88 Å². The normalized spacial score (nSPS) is 14.0. The third-order valence-corrected chi connectivity index (χ3v) is 3.94. The fourth-order valence-electron chi connectivity index (χ4n) is 2.79. The van der Waals surface area contributed by atoms with Crippen LogP contribution in [0, 0.1) is 0 Å². The van der Waals surface area contributed by atoms with Gasteiger partial charge in [-0.2, -0.15) is 4.98 Å². The predicted octanol–water partition coefficient (Wildman–Crippen LogP) is 1.34. The number of nitrogens with one attached hydrogen (secondary N) is 1. The number of rotatable bonds is 1. The van der Waals surface area contributed by atoms with E-state index < -0.39 is 0 Å². The molecule has 0 aliphatic carbocycles. The summed E-state index contributed by atoms with van der Waals surface area (Å²) in [5, 5.41) is 3.79. The van der Waals surface area contributed by atoms with Gasteiger partial charge in [-0.3, -0.25) is 4.79 Å². The van der Waals surface area contributed by atoms with E-state index in [4.69, 9.17) is 10.5 Å². The van der Waals surface area contributed by atoms with Gasteiger partial charge in [0.15, 0.2) is 5.82 Å². The minimum atomic E-state index is -0.307. The number of carbonyl (C=O) groups excluding carboxylic acids is 1. The molecule has 0 saturated heterocycles. The van der Waals surface area contributed by atoms with Gasteiger partial charge in [0, 0.05) is 18.0 Å². The topological polar surface area (TPSA) is 95.1 Å². The molecule has 0 atom stereocenters. The number of amides is 1. The van der Waals surface area contributed by atoms with Gasteiger partial charge < -0.3 is 20.4 Å². The lowest BCUT2D eigenvalue weighted by atomic mass is 10.2. The standard InChI is InChI=1S/C16H15N5O2/c1-21-10-5-3-2-4-9(10)8-11(21)14-19-13(17)12-15(22)18-6-7-23-16(12)20-14/h2-5,8H,6-7H2,1H3,(H,18,22)(H2,17,19,20). The fraction of sp³-hybridized carbons (Fsp3) is 0.188. The van der Waals surface area contributed by atoms with Gasteiger partial charge in [-0.1, -0.05) is 18.2 Å². The van der Waals surface area contributed by atoms with Crippen molar-refractivity contribution in [1.82, 2.24) is 19.9 Å². The first kappa shape index (κ1) is 13.6. The Morgan fingerprint density at radius 1 is 1.30 bits per heavy atom. The molecule has 3 aromatic rings. The molecule has 0 bridgehead atoms. The van der Waals surface area contributed by atoms with Gasteiger partial charge >= 0.3 is 0 Å². The van der Waals surface area contributed by atoms with Crippen LogP contribution in [0.3, 0.4) is 0 Å². The molecule has 116 valence electrons. The average Bonchev–Trinajstić information content (AvgIpc) is 2.75. The van der Waals surface area contributed by atoms with E-state index in [1.165, 1.54) is 0 Å². The van der Waals surface area contributed by atoms with Crippen molar-refractivity contribution in [2.75, 3.05) is 18.9 Å². The van der Waals surface area contributed by atoms with Crippen LogP contribution >= 0.6 is 0 Å². The number of hydrogen-bond donors (Lipinski definition) is 2. The highest BCUT2D eigenvalue weighted by molar-refractivity contribution is 6.01. The van der Waals surface area contributed by atoms with Crippen LogP contribution in [0.5, 0.6) is 5.88 Å². The second kappa shape index (κ2) is 4.98. The number of para-hydroxylation sites is 1. The minimum absolute atomic E-state index is 0.120. The molecular formula is C16H15N5O2. The van der Waals surface area contributed by atoms with E-state index in [0.717, 1.165) is 16.6 Å². The van der Waals surface area contributed by atoms with Crippen molar-refractivity contribution in [3.63, 3.8) is 0 Å². The lowest BCUT2D eigenvalue weighted by molar-refractivity contribution is 0.0957. The van der Waals surface area contributed by atoms with Gasteiger partial charge in [-0.15, -0.1) is 0 Å². The predicted molar refractivity (Wildman–Crippen MR) is 86.2 cm³/mol. The molecule has 1 aromatic carbocycles. The number of nitrogens with zero attached hydrogens (tertiary/aromatic N) is 3. The van der Waals surface area contributed by atoms with Crippen molar-refractivity contribution >= 4 is 22.6 Å². The number of anilines is 1. The highest BCUT2D eigenvalue weighted by Crippen LogP contribution is 2.29. The summed E-state index contributed by atoms with van der Waals surface area (Å²) in [5.41, 5.74) is 8.06. The van der Waals surface area contributed by atoms with E-state index in [1.807, 2.05) is 41.9 Å². The number of aromatic nitrogens is 3. The maximum atomic E-state index is 12.0. The molecule has 23 heavy (non-hydrogen) atoms. The number of nitrogens with two attached hydrogens (primary N) is 1. The van der Waals surface area contributed by atoms with E-state index in [-0.39, 0.29) is 23.2 Å². The molecule has 1 amide bonds. The van der Waals surface area contributed by atoms with Crippen LogP contribution in [0.2, 0.25) is 0 Å². The molecule has 7 nitrogen and oxygen atoms in total. The number of benzene rings is 1. The second-order valence-electron chi connectivity index (χ2n) is 5.36. The van der Waals surface area contributed by atoms with Crippen LogP contribution in [-0.2, 0) is 7.05 Å². The third kappa shape index (κ3) is 2.09. The molecule has 3 N–H and O–H groups in total. The summed E-state index contributed by atoms with van der Waals surface area (Å²) in [6.07, 6.45) is 0. The summed E-state index contributed by atoms with van der Waals surface area (Å²) in [4.78, 5) is 20.8. The zero-order chi connectivity index (χ0) is 16.0. The summed E-state index contributed by atoms with van der Waals surface area (Å²) in [7, 11) is 1.94. The Bertz CT molecular complexity index is 932. The van der Waals surface area contributed by atoms with E-state index in [2.05, 4.69) is 15.3 Å². The molecule has 0 unspecified atom stereocenters. The summed E-state index contributed by atoms with van der Waals surface area (Å²) >= 11 is 0. The number of aryl methyl sites for hydroxylation is 1. The summed E-state index contributed by atoms with van der Waals surface area (Å²) in [5.74, 6) is 0.482. The Morgan fingerprint density at radius 3 is 2.96 bits per heavy atom. The van der Waals surface area contributed by atoms with Gasteiger partial charge in [0.1, 0.15) is 18.0 Å². The Labute approximate surface area is 132 Å². The molecule has 2 aromatic heterocycles. The van der Waals surface area contributed by atoms with Gasteiger partial charge in [0.05, 0.1) is 12.2 Å². The molecular weight excluding hydrogens is 294 g/mol. The van der Waals surface area contributed by atoms with E-state index in [0.29, 0.717) is 19.0 Å². The van der Waals surface area contributed by atoms with Crippen LogP contribution in [0.25, 0.3) is 22.4 Å². The summed E-state index contributed by atoms with van der Waals surface area (Å²) < 4.78 is 7.55. The largest absolute Gasteiger partial charge is 0.475 e. The SMILES string of the molecule is Cn1c(-c2nc(N)c3c(n2)OCCNC3=O)cc2ccccc21. The lowest BCUT2D eigenvalue weighted by Gasteiger charge is -2.10. The first-order valence-electron chi connectivity index (χ1n) is 7.28.